The molecule has 8 nitrogen and oxygen atoms in total. The van der Waals surface area contributed by atoms with E-state index in [0.29, 0.717) is 17.7 Å². The van der Waals surface area contributed by atoms with Crippen LogP contribution in [0.15, 0.2) is 57.2 Å². The van der Waals surface area contributed by atoms with E-state index in [2.05, 4.69) is 0 Å². The van der Waals surface area contributed by atoms with Gasteiger partial charge in [-0.2, -0.15) is 0 Å². The van der Waals surface area contributed by atoms with Crippen molar-refractivity contribution in [3.63, 3.8) is 0 Å². The first-order chi connectivity index (χ1) is 12.8. The van der Waals surface area contributed by atoms with Crippen molar-refractivity contribution in [2.24, 2.45) is 0 Å². The van der Waals surface area contributed by atoms with Gasteiger partial charge in [-0.05, 0) is 54.4 Å². The van der Waals surface area contributed by atoms with Crippen LogP contribution in [0.5, 0.6) is 0 Å². The predicted molar refractivity (Wildman–Crippen MR) is 105 cm³/mol. The van der Waals surface area contributed by atoms with E-state index in [0.717, 1.165) is 10.6 Å². The molecule has 1 aliphatic rings. The van der Waals surface area contributed by atoms with Gasteiger partial charge in [0, 0.05) is 26.9 Å². The SMILES string of the molecule is CN(C)S(=O)(=O)c1ccc2c(c1)CCN2S(=O)(=O)c1ccc(S(C)(=O)=O)cc1. The van der Waals surface area contributed by atoms with Gasteiger partial charge in [0.05, 0.1) is 20.4 Å². The van der Waals surface area contributed by atoms with Gasteiger partial charge in [0.2, 0.25) is 10.0 Å². The molecule has 0 saturated carbocycles. The third-order valence-corrected chi connectivity index (χ3v) is 9.29. The third kappa shape index (κ3) is 3.54. The lowest BCUT2D eigenvalue weighted by atomic mass is 10.2. The molecule has 0 amide bonds. The number of rotatable bonds is 5. The number of sulfonamides is 2. The van der Waals surface area contributed by atoms with Gasteiger partial charge in [0.1, 0.15) is 0 Å². The van der Waals surface area contributed by atoms with Crippen molar-refractivity contribution in [3.8, 4) is 0 Å². The van der Waals surface area contributed by atoms with Gasteiger partial charge in [-0.1, -0.05) is 0 Å². The van der Waals surface area contributed by atoms with Gasteiger partial charge in [0.25, 0.3) is 10.0 Å². The molecule has 0 bridgehead atoms. The predicted octanol–water partition coefficient (Wildman–Crippen LogP) is 1.09. The number of fused-ring (bicyclic) bond motifs is 1. The summed E-state index contributed by atoms with van der Waals surface area (Å²) in [6.45, 7) is 0.178. The highest BCUT2D eigenvalue weighted by Gasteiger charge is 2.32. The standard InChI is InChI=1S/C17H20N2O6S3/c1-18(2)27(22,23)16-8-9-17-13(12-16)10-11-19(17)28(24,25)15-6-4-14(5-7-15)26(3,20)21/h4-9,12H,10-11H2,1-3H3. The quantitative estimate of drug-likeness (QED) is 0.683. The van der Waals surface area contributed by atoms with Crippen molar-refractivity contribution in [2.75, 3.05) is 31.2 Å². The maximum Gasteiger partial charge on any atom is 0.264 e. The van der Waals surface area contributed by atoms with Crippen molar-refractivity contribution in [1.29, 1.82) is 0 Å². The second-order valence-corrected chi connectivity index (χ2v) is 12.7. The normalized spacial score (nSPS) is 15.1. The summed E-state index contributed by atoms with van der Waals surface area (Å²) >= 11 is 0. The average molecular weight is 445 g/mol. The second kappa shape index (κ2) is 6.83. The summed E-state index contributed by atoms with van der Waals surface area (Å²) in [5.74, 6) is 0. The van der Waals surface area contributed by atoms with Gasteiger partial charge in [0.15, 0.2) is 9.84 Å². The summed E-state index contributed by atoms with van der Waals surface area (Å²) in [4.78, 5) is 0.109. The van der Waals surface area contributed by atoms with Crippen molar-refractivity contribution in [3.05, 3.63) is 48.0 Å². The molecule has 0 spiro atoms. The van der Waals surface area contributed by atoms with Crippen LogP contribution in [-0.4, -0.2) is 56.5 Å². The number of anilines is 1. The Hall–Kier alpha value is -1.95. The summed E-state index contributed by atoms with van der Waals surface area (Å²) in [7, 11) is -8.08. The minimum absolute atomic E-state index is 0.0299. The van der Waals surface area contributed by atoms with E-state index in [4.69, 9.17) is 0 Å². The highest BCUT2D eigenvalue weighted by molar-refractivity contribution is 7.93. The molecule has 11 heteroatoms. The largest absolute Gasteiger partial charge is 0.266 e. The molecule has 1 aliphatic heterocycles. The lowest BCUT2D eigenvalue weighted by molar-refractivity contribution is 0.520. The van der Waals surface area contributed by atoms with Crippen molar-refractivity contribution in [1.82, 2.24) is 4.31 Å². The molecule has 0 aromatic heterocycles. The highest BCUT2D eigenvalue weighted by atomic mass is 32.2. The molecule has 0 atom stereocenters. The van der Waals surface area contributed by atoms with Crippen LogP contribution in [0.3, 0.4) is 0 Å². The van der Waals surface area contributed by atoms with Gasteiger partial charge < -0.3 is 0 Å². The Morgan fingerprint density at radius 2 is 1.36 bits per heavy atom. The zero-order valence-electron chi connectivity index (χ0n) is 15.5. The highest BCUT2D eigenvalue weighted by Crippen LogP contribution is 2.35. The molecule has 0 unspecified atom stereocenters. The lowest BCUT2D eigenvalue weighted by Gasteiger charge is -2.20. The van der Waals surface area contributed by atoms with Crippen LogP contribution in [-0.2, 0) is 36.3 Å². The molecular formula is C17H20N2O6S3. The fourth-order valence-electron chi connectivity index (χ4n) is 2.95. The molecule has 3 rings (SSSR count). The molecule has 0 saturated heterocycles. The molecule has 2 aromatic rings. The van der Waals surface area contributed by atoms with Gasteiger partial charge in [-0.15, -0.1) is 0 Å². The summed E-state index contributed by atoms with van der Waals surface area (Å²) < 4.78 is 76.0. The van der Waals surface area contributed by atoms with Crippen LogP contribution in [0, 0.1) is 0 Å². The monoisotopic (exact) mass is 444 g/mol. The minimum atomic E-state index is -3.90. The molecule has 0 radical (unpaired) electrons. The van der Waals surface area contributed by atoms with Crippen LogP contribution in [0.4, 0.5) is 5.69 Å². The number of hydrogen-bond acceptors (Lipinski definition) is 6. The first kappa shape index (κ1) is 20.8. The molecule has 1 heterocycles. The third-order valence-electron chi connectivity index (χ3n) is 4.52. The van der Waals surface area contributed by atoms with Crippen molar-refractivity contribution in [2.45, 2.75) is 21.1 Å². The van der Waals surface area contributed by atoms with Crippen molar-refractivity contribution >= 4 is 35.6 Å². The Morgan fingerprint density at radius 3 is 1.89 bits per heavy atom. The average Bonchev–Trinajstić information content (AvgIpc) is 3.05. The minimum Gasteiger partial charge on any atom is -0.266 e. The molecule has 152 valence electrons. The summed E-state index contributed by atoms with van der Waals surface area (Å²) in [5.41, 5.74) is 1.05. The number of hydrogen-bond donors (Lipinski definition) is 0. The lowest BCUT2D eigenvalue weighted by Crippen LogP contribution is -2.29. The molecule has 0 N–H and O–H groups in total. The summed E-state index contributed by atoms with van der Waals surface area (Å²) in [6, 6.07) is 9.39. The van der Waals surface area contributed by atoms with E-state index in [1.807, 2.05) is 0 Å². The Bertz CT molecular complexity index is 1230. The van der Waals surface area contributed by atoms with E-state index in [9.17, 15) is 25.3 Å². The van der Waals surface area contributed by atoms with Gasteiger partial charge in [-0.3, -0.25) is 4.31 Å². The fourth-order valence-corrected chi connectivity index (χ4v) is 6.04. The van der Waals surface area contributed by atoms with Crippen LogP contribution < -0.4 is 4.31 Å². The smallest absolute Gasteiger partial charge is 0.264 e. The molecule has 0 aliphatic carbocycles. The second-order valence-electron chi connectivity index (χ2n) is 6.65. The fraction of sp³-hybridized carbons (Fsp3) is 0.294. The topological polar surface area (TPSA) is 109 Å². The number of nitrogens with zero attached hydrogens (tertiary/aromatic N) is 2. The van der Waals surface area contributed by atoms with E-state index in [1.54, 1.807) is 0 Å². The van der Waals surface area contributed by atoms with E-state index in [-0.39, 0.29) is 21.2 Å². The molecule has 0 fully saturated rings. The van der Waals surface area contributed by atoms with Crippen LogP contribution in [0.2, 0.25) is 0 Å². The molecule has 28 heavy (non-hydrogen) atoms. The Kier molecular flexibility index (Phi) is 5.07. The zero-order chi connectivity index (χ0) is 20.9. The van der Waals surface area contributed by atoms with E-state index in [1.165, 1.54) is 60.9 Å². The molecule has 2 aromatic carbocycles. The number of benzene rings is 2. The Morgan fingerprint density at radius 1 is 0.821 bits per heavy atom. The maximum absolute atomic E-state index is 13.0. The van der Waals surface area contributed by atoms with Crippen LogP contribution in [0.1, 0.15) is 5.56 Å². The van der Waals surface area contributed by atoms with E-state index < -0.39 is 29.9 Å². The van der Waals surface area contributed by atoms with Crippen molar-refractivity contribution < 1.29 is 25.3 Å². The summed E-state index contributed by atoms with van der Waals surface area (Å²) in [6.07, 6.45) is 1.43. The first-order valence-corrected chi connectivity index (χ1v) is 13.0. The molecular weight excluding hydrogens is 424 g/mol. The summed E-state index contributed by atoms with van der Waals surface area (Å²) in [5, 5.41) is 0. The van der Waals surface area contributed by atoms with E-state index >= 15 is 0 Å². The van der Waals surface area contributed by atoms with Gasteiger partial charge in [-0.25, -0.2) is 29.6 Å². The Balaban J connectivity index is 1.99. The van der Waals surface area contributed by atoms with Crippen LogP contribution >= 0.6 is 0 Å². The number of sulfone groups is 1. The Labute approximate surface area is 165 Å². The maximum atomic E-state index is 13.0. The zero-order valence-corrected chi connectivity index (χ0v) is 18.0. The first-order valence-electron chi connectivity index (χ1n) is 8.23. The van der Waals surface area contributed by atoms with Gasteiger partial charge >= 0.3 is 0 Å². The van der Waals surface area contributed by atoms with Crippen LogP contribution in [0.25, 0.3) is 0 Å².